The number of anilines is 1. The highest BCUT2D eigenvalue weighted by atomic mass is 35.5. The van der Waals surface area contributed by atoms with Gasteiger partial charge in [0.1, 0.15) is 19.5 Å². The quantitative estimate of drug-likeness (QED) is 0.364. The number of hydrogen-bond donors (Lipinski definition) is 2. The second kappa shape index (κ2) is 11.6. The first kappa shape index (κ1) is 24.4. The van der Waals surface area contributed by atoms with Gasteiger partial charge in [-0.1, -0.05) is 30.7 Å². The predicted molar refractivity (Wildman–Crippen MR) is 123 cm³/mol. The first-order valence-corrected chi connectivity index (χ1v) is 11.8. The van der Waals surface area contributed by atoms with Crippen LogP contribution in [0, 0.1) is 0 Å². The standard InChI is InChI=1S/C20H23ClN6O5S/c1-3-8-26-33(28,29)27-18-17(14-4-6-15(21)7-5-14)19(25-13-24-18)31-9-10-32-20-22-11-16(30-2)12-23-20/h4-7,11-13,26H,3,8-10H2,1-2H3,(H,24,25,27). The molecule has 0 bridgehead atoms. The fraction of sp³-hybridized carbons (Fsp3) is 0.300. The molecular formula is C20H23ClN6O5S. The van der Waals surface area contributed by atoms with Crippen LogP contribution in [0.5, 0.6) is 17.6 Å². The number of nitrogens with zero attached hydrogens (tertiary/aromatic N) is 4. The van der Waals surface area contributed by atoms with Crippen LogP contribution < -0.4 is 23.7 Å². The van der Waals surface area contributed by atoms with Crippen molar-refractivity contribution in [1.29, 1.82) is 0 Å². The highest BCUT2D eigenvalue weighted by Crippen LogP contribution is 2.34. The van der Waals surface area contributed by atoms with Crippen molar-refractivity contribution >= 4 is 27.6 Å². The molecule has 0 aliphatic heterocycles. The van der Waals surface area contributed by atoms with Crippen molar-refractivity contribution in [2.75, 3.05) is 31.6 Å². The Balaban J connectivity index is 1.78. The predicted octanol–water partition coefficient (Wildman–Crippen LogP) is 2.71. The normalized spacial score (nSPS) is 11.1. The number of rotatable bonds is 12. The SMILES string of the molecule is CCCNS(=O)(=O)Nc1ncnc(OCCOc2ncc(OC)cn2)c1-c1ccc(Cl)cc1. The Morgan fingerprint density at radius 1 is 1.00 bits per heavy atom. The molecule has 2 N–H and O–H groups in total. The Morgan fingerprint density at radius 3 is 2.36 bits per heavy atom. The van der Waals surface area contributed by atoms with Gasteiger partial charge in [0.05, 0.1) is 25.1 Å². The van der Waals surface area contributed by atoms with E-state index in [2.05, 4.69) is 29.4 Å². The topological polar surface area (TPSA) is 137 Å². The summed E-state index contributed by atoms with van der Waals surface area (Å²) in [6.45, 7) is 2.35. The summed E-state index contributed by atoms with van der Waals surface area (Å²) in [5, 5.41) is 0.526. The average Bonchev–Trinajstić information content (AvgIpc) is 2.81. The van der Waals surface area contributed by atoms with E-state index in [0.29, 0.717) is 28.3 Å². The van der Waals surface area contributed by atoms with Crippen LogP contribution in [0.25, 0.3) is 11.1 Å². The molecule has 0 spiro atoms. The minimum Gasteiger partial charge on any atom is -0.494 e. The van der Waals surface area contributed by atoms with E-state index in [1.54, 1.807) is 24.3 Å². The molecule has 2 heterocycles. The molecule has 0 fully saturated rings. The van der Waals surface area contributed by atoms with Crippen LogP contribution in [0.4, 0.5) is 5.82 Å². The van der Waals surface area contributed by atoms with Gasteiger partial charge in [-0.15, -0.1) is 0 Å². The van der Waals surface area contributed by atoms with Crippen LogP contribution in [0.3, 0.4) is 0 Å². The first-order valence-electron chi connectivity index (χ1n) is 9.92. The van der Waals surface area contributed by atoms with Crippen LogP contribution in [0.2, 0.25) is 5.02 Å². The molecular weight excluding hydrogens is 472 g/mol. The van der Waals surface area contributed by atoms with Crippen LogP contribution in [-0.2, 0) is 10.2 Å². The van der Waals surface area contributed by atoms with Crippen molar-refractivity contribution < 1.29 is 22.6 Å². The lowest BCUT2D eigenvalue weighted by Crippen LogP contribution is -2.31. The van der Waals surface area contributed by atoms with E-state index in [0.717, 1.165) is 0 Å². The van der Waals surface area contributed by atoms with Crippen LogP contribution >= 0.6 is 11.6 Å². The number of aromatic nitrogens is 4. The van der Waals surface area contributed by atoms with Crippen molar-refractivity contribution in [2.24, 2.45) is 0 Å². The molecule has 0 aliphatic carbocycles. The summed E-state index contributed by atoms with van der Waals surface area (Å²) in [6, 6.07) is 6.94. The van der Waals surface area contributed by atoms with Gasteiger partial charge >= 0.3 is 6.01 Å². The Kier molecular flexibility index (Phi) is 8.58. The molecule has 33 heavy (non-hydrogen) atoms. The van der Waals surface area contributed by atoms with Gasteiger partial charge in [-0.25, -0.2) is 9.97 Å². The first-order chi connectivity index (χ1) is 15.9. The molecule has 1 aromatic carbocycles. The largest absolute Gasteiger partial charge is 0.494 e. The fourth-order valence-corrected chi connectivity index (χ4v) is 3.67. The number of ether oxygens (including phenoxy) is 3. The molecule has 0 saturated carbocycles. The second-order valence-electron chi connectivity index (χ2n) is 6.51. The maximum Gasteiger partial charge on any atom is 0.316 e. The maximum absolute atomic E-state index is 12.4. The summed E-state index contributed by atoms with van der Waals surface area (Å²) >= 11 is 6.00. The van der Waals surface area contributed by atoms with Crippen molar-refractivity contribution in [3.63, 3.8) is 0 Å². The molecule has 0 atom stereocenters. The van der Waals surface area contributed by atoms with Crippen molar-refractivity contribution in [2.45, 2.75) is 13.3 Å². The summed E-state index contributed by atoms with van der Waals surface area (Å²) in [7, 11) is -2.33. The van der Waals surface area contributed by atoms with Crippen LogP contribution in [-0.4, -0.2) is 55.2 Å². The average molecular weight is 495 g/mol. The lowest BCUT2D eigenvalue weighted by Gasteiger charge is -2.15. The monoisotopic (exact) mass is 494 g/mol. The lowest BCUT2D eigenvalue weighted by atomic mass is 10.1. The molecule has 11 nitrogen and oxygen atoms in total. The number of benzene rings is 1. The minimum atomic E-state index is -3.84. The molecule has 3 aromatic rings. The molecule has 0 unspecified atom stereocenters. The number of halogens is 1. The highest BCUT2D eigenvalue weighted by Gasteiger charge is 2.19. The molecule has 176 valence electrons. The minimum absolute atomic E-state index is 0.0605. The third-order valence-electron chi connectivity index (χ3n) is 4.11. The Labute approximate surface area is 196 Å². The highest BCUT2D eigenvalue weighted by molar-refractivity contribution is 7.90. The zero-order valence-corrected chi connectivity index (χ0v) is 19.6. The van der Waals surface area contributed by atoms with E-state index in [-0.39, 0.29) is 37.5 Å². The van der Waals surface area contributed by atoms with Crippen LogP contribution in [0.15, 0.2) is 43.0 Å². The van der Waals surface area contributed by atoms with E-state index in [9.17, 15) is 8.42 Å². The van der Waals surface area contributed by atoms with Gasteiger partial charge in [0, 0.05) is 11.6 Å². The fourth-order valence-electron chi connectivity index (χ4n) is 2.59. The van der Waals surface area contributed by atoms with Gasteiger partial charge in [0.25, 0.3) is 10.2 Å². The van der Waals surface area contributed by atoms with Crippen molar-refractivity contribution in [3.8, 4) is 28.8 Å². The summed E-state index contributed by atoms with van der Waals surface area (Å²) in [6.07, 6.45) is 4.81. The molecule has 0 amide bonds. The zero-order chi connectivity index (χ0) is 23.7. The van der Waals surface area contributed by atoms with E-state index < -0.39 is 10.2 Å². The Morgan fingerprint density at radius 2 is 1.70 bits per heavy atom. The summed E-state index contributed by atoms with van der Waals surface area (Å²) in [4.78, 5) is 16.3. The zero-order valence-electron chi connectivity index (χ0n) is 18.0. The number of nitrogens with one attached hydrogen (secondary N) is 2. The molecule has 0 saturated heterocycles. The van der Waals surface area contributed by atoms with E-state index in [1.807, 2.05) is 6.92 Å². The second-order valence-corrected chi connectivity index (χ2v) is 8.45. The van der Waals surface area contributed by atoms with Crippen molar-refractivity contribution in [3.05, 3.63) is 48.0 Å². The van der Waals surface area contributed by atoms with E-state index in [4.69, 9.17) is 25.8 Å². The molecule has 0 aliphatic rings. The number of methoxy groups -OCH3 is 1. The van der Waals surface area contributed by atoms with E-state index in [1.165, 1.54) is 25.8 Å². The smallest absolute Gasteiger partial charge is 0.316 e. The Bertz CT molecular complexity index is 1150. The van der Waals surface area contributed by atoms with Gasteiger partial charge in [-0.3, -0.25) is 4.72 Å². The maximum atomic E-state index is 12.4. The van der Waals surface area contributed by atoms with Gasteiger partial charge in [-0.2, -0.15) is 23.1 Å². The van der Waals surface area contributed by atoms with E-state index >= 15 is 0 Å². The Hall–Kier alpha value is -3.22. The molecule has 3 rings (SSSR count). The summed E-state index contributed by atoms with van der Waals surface area (Å²) in [5.41, 5.74) is 0.972. The lowest BCUT2D eigenvalue weighted by molar-refractivity contribution is 0.201. The number of hydrogen-bond acceptors (Lipinski definition) is 9. The third kappa shape index (κ3) is 7.14. The van der Waals surface area contributed by atoms with Gasteiger partial charge in [0.2, 0.25) is 5.88 Å². The summed E-state index contributed by atoms with van der Waals surface area (Å²) < 4.78 is 45.9. The third-order valence-corrected chi connectivity index (χ3v) is 5.41. The van der Waals surface area contributed by atoms with Crippen LogP contribution in [0.1, 0.15) is 13.3 Å². The van der Waals surface area contributed by atoms with Gasteiger partial charge in [0.15, 0.2) is 11.6 Å². The molecule has 13 heteroatoms. The van der Waals surface area contributed by atoms with Crippen molar-refractivity contribution in [1.82, 2.24) is 24.7 Å². The summed E-state index contributed by atoms with van der Waals surface area (Å²) in [5.74, 6) is 0.737. The molecule has 2 aromatic heterocycles. The van der Waals surface area contributed by atoms with Gasteiger partial charge < -0.3 is 14.2 Å². The molecule has 0 radical (unpaired) electrons. The van der Waals surface area contributed by atoms with Gasteiger partial charge in [-0.05, 0) is 24.1 Å².